The molecule has 114 valence electrons. The normalized spacial score (nSPS) is 10.1. The van der Waals surface area contributed by atoms with Crippen molar-refractivity contribution >= 4 is 34.6 Å². The van der Waals surface area contributed by atoms with Gasteiger partial charge in [-0.2, -0.15) is 0 Å². The molecular formula is C16H16N2O3S. The largest absolute Gasteiger partial charge is 0.342 e. The lowest BCUT2D eigenvalue weighted by Gasteiger charge is -2.06. The van der Waals surface area contributed by atoms with Crippen LogP contribution in [0.5, 0.6) is 0 Å². The van der Waals surface area contributed by atoms with Crippen molar-refractivity contribution in [2.24, 2.45) is 0 Å². The monoisotopic (exact) mass is 316 g/mol. The van der Waals surface area contributed by atoms with E-state index in [0.717, 1.165) is 4.88 Å². The van der Waals surface area contributed by atoms with Crippen LogP contribution in [-0.2, 0) is 4.79 Å². The third-order valence-electron chi connectivity index (χ3n) is 2.95. The van der Waals surface area contributed by atoms with Crippen LogP contribution in [0.3, 0.4) is 0 Å². The molecule has 1 aromatic heterocycles. The number of ketones is 1. The highest BCUT2D eigenvalue weighted by Crippen LogP contribution is 2.14. The Morgan fingerprint density at radius 1 is 1.05 bits per heavy atom. The maximum Gasteiger partial charge on any atom is 0.261 e. The Balaban J connectivity index is 1.85. The van der Waals surface area contributed by atoms with E-state index in [1.807, 2.05) is 13.0 Å². The standard InChI is InChI=1S/C16H16N2O3S/c1-10-3-8-14(22-10)16(21)17-9-15(20)18-13-6-4-12(5-7-13)11(2)19/h3-8H,9H2,1-2H3,(H,17,21)(H,18,20). The van der Waals surface area contributed by atoms with Crippen LogP contribution in [0.2, 0.25) is 0 Å². The fraction of sp³-hybridized carbons (Fsp3) is 0.188. The number of Topliss-reactive ketones (excluding diaryl/α,β-unsaturated/α-hetero) is 1. The Morgan fingerprint density at radius 2 is 1.73 bits per heavy atom. The van der Waals surface area contributed by atoms with Crippen LogP contribution in [-0.4, -0.2) is 24.1 Å². The van der Waals surface area contributed by atoms with Gasteiger partial charge in [0.1, 0.15) is 0 Å². The van der Waals surface area contributed by atoms with Gasteiger partial charge in [-0.3, -0.25) is 14.4 Å². The van der Waals surface area contributed by atoms with E-state index in [1.165, 1.54) is 18.3 Å². The number of hydrogen-bond acceptors (Lipinski definition) is 4. The van der Waals surface area contributed by atoms with Gasteiger partial charge in [-0.05, 0) is 50.2 Å². The lowest BCUT2D eigenvalue weighted by atomic mass is 10.1. The van der Waals surface area contributed by atoms with Crippen molar-refractivity contribution in [2.45, 2.75) is 13.8 Å². The number of rotatable bonds is 5. The zero-order valence-corrected chi connectivity index (χ0v) is 13.1. The second-order valence-electron chi connectivity index (χ2n) is 4.77. The smallest absolute Gasteiger partial charge is 0.261 e. The zero-order chi connectivity index (χ0) is 16.1. The lowest BCUT2D eigenvalue weighted by molar-refractivity contribution is -0.115. The molecule has 2 amide bonds. The van der Waals surface area contributed by atoms with Gasteiger partial charge in [0.2, 0.25) is 5.91 Å². The minimum Gasteiger partial charge on any atom is -0.342 e. The number of amides is 2. The average Bonchev–Trinajstić information content (AvgIpc) is 2.92. The first-order chi connectivity index (χ1) is 10.5. The molecule has 22 heavy (non-hydrogen) atoms. The SMILES string of the molecule is CC(=O)c1ccc(NC(=O)CNC(=O)c2ccc(C)s2)cc1. The van der Waals surface area contributed by atoms with Gasteiger partial charge in [0.05, 0.1) is 11.4 Å². The van der Waals surface area contributed by atoms with Crippen molar-refractivity contribution in [3.05, 3.63) is 51.7 Å². The molecule has 6 heteroatoms. The van der Waals surface area contributed by atoms with E-state index in [0.29, 0.717) is 16.1 Å². The van der Waals surface area contributed by atoms with Crippen LogP contribution in [0.1, 0.15) is 31.8 Å². The molecule has 1 aromatic carbocycles. The predicted molar refractivity (Wildman–Crippen MR) is 86.5 cm³/mol. The lowest BCUT2D eigenvalue weighted by Crippen LogP contribution is -2.32. The number of thiophene rings is 1. The first-order valence-electron chi connectivity index (χ1n) is 6.71. The van der Waals surface area contributed by atoms with Crippen LogP contribution < -0.4 is 10.6 Å². The topological polar surface area (TPSA) is 75.3 Å². The molecule has 5 nitrogen and oxygen atoms in total. The number of aryl methyl sites for hydroxylation is 1. The van der Waals surface area contributed by atoms with E-state index < -0.39 is 0 Å². The van der Waals surface area contributed by atoms with Gasteiger partial charge in [0.25, 0.3) is 5.91 Å². The van der Waals surface area contributed by atoms with E-state index in [9.17, 15) is 14.4 Å². The van der Waals surface area contributed by atoms with Gasteiger partial charge in [-0.15, -0.1) is 11.3 Å². The molecule has 2 aromatic rings. The fourth-order valence-corrected chi connectivity index (χ4v) is 2.58. The van der Waals surface area contributed by atoms with E-state index in [2.05, 4.69) is 10.6 Å². The van der Waals surface area contributed by atoms with Crippen LogP contribution in [0.15, 0.2) is 36.4 Å². The molecule has 1 heterocycles. The summed E-state index contributed by atoms with van der Waals surface area (Å²) in [5.74, 6) is -0.617. The number of anilines is 1. The molecule has 0 fully saturated rings. The van der Waals surface area contributed by atoms with Crippen molar-refractivity contribution < 1.29 is 14.4 Å². The van der Waals surface area contributed by atoms with Crippen LogP contribution in [0.25, 0.3) is 0 Å². The van der Waals surface area contributed by atoms with Gasteiger partial charge >= 0.3 is 0 Å². The Labute approximate surface area is 132 Å². The second kappa shape index (κ2) is 7.00. The van der Waals surface area contributed by atoms with Crippen molar-refractivity contribution in [1.82, 2.24) is 5.32 Å². The Kier molecular flexibility index (Phi) is 5.06. The minimum atomic E-state index is -0.322. The first kappa shape index (κ1) is 15.9. The van der Waals surface area contributed by atoms with Crippen molar-refractivity contribution in [3.63, 3.8) is 0 Å². The molecule has 0 saturated heterocycles. The van der Waals surface area contributed by atoms with Crippen LogP contribution in [0.4, 0.5) is 5.69 Å². The highest BCUT2D eigenvalue weighted by Gasteiger charge is 2.10. The van der Waals surface area contributed by atoms with Crippen LogP contribution >= 0.6 is 11.3 Å². The van der Waals surface area contributed by atoms with Gasteiger partial charge in [0, 0.05) is 16.1 Å². The maximum atomic E-state index is 11.8. The summed E-state index contributed by atoms with van der Waals surface area (Å²) >= 11 is 1.38. The third kappa shape index (κ3) is 4.26. The highest BCUT2D eigenvalue weighted by molar-refractivity contribution is 7.13. The number of nitrogens with one attached hydrogen (secondary N) is 2. The summed E-state index contributed by atoms with van der Waals surface area (Å²) in [6.07, 6.45) is 0. The number of hydrogen-bond donors (Lipinski definition) is 2. The number of benzene rings is 1. The highest BCUT2D eigenvalue weighted by atomic mass is 32.1. The maximum absolute atomic E-state index is 11.8. The molecule has 2 N–H and O–H groups in total. The second-order valence-corrected chi connectivity index (χ2v) is 6.06. The summed E-state index contributed by atoms with van der Waals surface area (Å²) in [7, 11) is 0. The summed E-state index contributed by atoms with van der Waals surface area (Å²) in [4.78, 5) is 36.4. The summed E-state index contributed by atoms with van der Waals surface area (Å²) < 4.78 is 0. The van der Waals surface area contributed by atoms with E-state index in [-0.39, 0.29) is 24.1 Å². The average molecular weight is 316 g/mol. The van der Waals surface area contributed by atoms with E-state index in [4.69, 9.17) is 0 Å². The van der Waals surface area contributed by atoms with Gasteiger partial charge in [-0.25, -0.2) is 0 Å². The molecule has 0 radical (unpaired) electrons. The third-order valence-corrected chi connectivity index (χ3v) is 3.95. The molecule has 0 unspecified atom stereocenters. The molecule has 0 atom stereocenters. The van der Waals surface area contributed by atoms with Gasteiger partial charge in [-0.1, -0.05) is 0 Å². The Morgan fingerprint density at radius 3 is 2.27 bits per heavy atom. The van der Waals surface area contributed by atoms with E-state index >= 15 is 0 Å². The summed E-state index contributed by atoms with van der Waals surface area (Å²) in [5.41, 5.74) is 1.16. The summed E-state index contributed by atoms with van der Waals surface area (Å²) in [6.45, 7) is 3.29. The molecular weight excluding hydrogens is 300 g/mol. The number of carbonyl (C=O) groups excluding carboxylic acids is 3. The molecule has 0 bridgehead atoms. The molecule has 0 aliphatic rings. The molecule has 0 saturated carbocycles. The Bertz CT molecular complexity index is 704. The predicted octanol–water partition coefficient (Wildman–Crippen LogP) is 2.63. The van der Waals surface area contributed by atoms with Crippen molar-refractivity contribution in [2.75, 3.05) is 11.9 Å². The summed E-state index contributed by atoms with van der Waals surface area (Å²) in [5, 5.41) is 5.23. The van der Waals surface area contributed by atoms with Gasteiger partial charge < -0.3 is 10.6 Å². The molecule has 0 aliphatic carbocycles. The summed E-state index contributed by atoms with van der Waals surface area (Å²) in [6, 6.07) is 10.2. The van der Waals surface area contributed by atoms with Crippen molar-refractivity contribution in [1.29, 1.82) is 0 Å². The quantitative estimate of drug-likeness (QED) is 0.833. The Hall–Kier alpha value is -2.47. The van der Waals surface area contributed by atoms with Crippen LogP contribution in [0, 0.1) is 6.92 Å². The van der Waals surface area contributed by atoms with E-state index in [1.54, 1.807) is 30.3 Å². The van der Waals surface area contributed by atoms with Crippen molar-refractivity contribution in [3.8, 4) is 0 Å². The minimum absolute atomic E-state index is 0.0311. The molecule has 0 spiro atoms. The fourth-order valence-electron chi connectivity index (χ4n) is 1.80. The molecule has 2 rings (SSSR count). The van der Waals surface area contributed by atoms with Gasteiger partial charge in [0.15, 0.2) is 5.78 Å². The number of carbonyl (C=O) groups is 3. The first-order valence-corrected chi connectivity index (χ1v) is 7.53. The molecule has 0 aliphatic heterocycles. The zero-order valence-electron chi connectivity index (χ0n) is 12.3.